The first-order valence-corrected chi connectivity index (χ1v) is 8.21. The molecule has 1 saturated carbocycles. The van der Waals surface area contributed by atoms with E-state index in [1.54, 1.807) is 30.3 Å². The molecule has 4 nitrogen and oxygen atoms in total. The molecule has 1 atom stereocenters. The van der Waals surface area contributed by atoms with Crippen LogP contribution in [0, 0.1) is 5.92 Å². The second-order valence-electron chi connectivity index (χ2n) is 5.15. The molecule has 1 fully saturated rings. The first kappa shape index (κ1) is 14.2. The zero-order valence-corrected chi connectivity index (χ0v) is 11.8. The van der Waals surface area contributed by atoms with Gasteiger partial charge in [-0.1, -0.05) is 36.8 Å². The lowest BCUT2D eigenvalue weighted by atomic mass is 9.81. The van der Waals surface area contributed by atoms with Gasteiger partial charge in [0.05, 0.1) is 0 Å². The Kier molecular flexibility index (Phi) is 4.37. The molecule has 0 heterocycles. The summed E-state index contributed by atoms with van der Waals surface area (Å²) in [6, 6.07) is 8.43. The fourth-order valence-corrected chi connectivity index (χ4v) is 3.59. The number of carbonyl (C=O) groups is 1. The van der Waals surface area contributed by atoms with Crippen LogP contribution in [0.5, 0.6) is 0 Å². The maximum Gasteiger partial charge on any atom is 0.219 e. The minimum atomic E-state index is -3.55. The summed E-state index contributed by atoms with van der Waals surface area (Å²) in [5, 5.41) is 0. The number of nitrogens with one attached hydrogen (secondary N) is 1. The van der Waals surface area contributed by atoms with Crippen LogP contribution in [0.15, 0.2) is 30.3 Å². The Balaban J connectivity index is 1.95. The molecule has 19 heavy (non-hydrogen) atoms. The molecule has 1 N–H and O–H groups in total. The Labute approximate surface area is 114 Å². The predicted molar refractivity (Wildman–Crippen MR) is 74.5 cm³/mol. The van der Waals surface area contributed by atoms with Crippen molar-refractivity contribution in [3.05, 3.63) is 35.9 Å². The molecule has 0 radical (unpaired) electrons. The van der Waals surface area contributed by atoms with Crippen molar-refractivity contribution in [3.63, 3.8) is 0 Å². The molecule has 2 rings (SSSR count). The predicted octanol–water partition coefficient (Wildman–Crippen LogP) is 1.98. The van der Waals surface area contributed by atoms with Gasteiger partial charge in [-0.05, 0) is 25.7 Å². The molecule has 0 aromatic heterocycles. The molecule has 1 aliphatic rings. The fraction of sp³-hybridized carbons (Fsp3) is 0.500. The normalized spacial score (nSPS) is 17.7. The summed E-state index contributed by atoms with van der Waals surface area (Å²) in [5.41, 5.74) is 0.434. The van der Waals surface area contributed by atoms with Crippen molar-refractivity contribution in [1.82, 2.24) is 4.72 Å². The molecule has 0 spiro atoms. The third kappa shape index (κ3) is 3.88. The number of ketones is 1. The lowest BCUT2D eigenvalue weighted by Crippen LogP contribution is -2.42. The van der Waals surface area contributed by atoms with Crippen molar-refractivity contribution in [1.29, 1.82) is 0 Å². The monoisotopic (exact) mass is 281 g/mol. The standard InChI is InChI=1S/C14H19NO3S/c1-11(12-8-5-9-12)15-19(17,18)10-14(16)13-6-3-2-4-7-13/h2-4,6-7,11-12,15H,5,8-10H2,1H3. The van der Waals surface area contributed by atoms with Gasteiger partial charge >= 0.3 is 0 Å². The van der Waals surface area contributed by atoms with E-state index < -0.39 is 15.8 Å². The second-order valence-corrected chi connectivity index (χ2v) is 6.90. The molecule has 0 aliphatic heterocycles. The summed E-state index contributed by atoms with van der Waals surface area (Å²) in [6.45, 7) is 1.87. The number of sulfonamides is 1. The van der Waals surface area contributed by atoms with E-state index in [1.165, 1.54) is 6.42 Å². The first-order chi connectivity index (χ1) is 8.98. The van der Waals surface area contributed by atoms with E-state index in [9.17, 15) is 13.2 Å². The van der Waals surface area contributed by atoms with Crippen LogP contribution in [0.3, 0.4) is 0 Å². The third-order valence-electron chi connectivity index (χ3n) is 3.64. The van der Waals surface area contributed by atoms with Crippen LogP contribution < -0.4 is 4.72 Å². The molecule has 5 heteroatoms. The number of hydrogen-bond acceptors (Lipinski definition) is 3. The van der Waals surface area contributed by atoms with Crippen molar-refractivity contribution >= 4 is 15.8 Å². The Morgan fingerprint density at radius 1 is 1.32 bits per heavy atom. The maximum atomic E-state index is 11.9. The van der Waals surface area contributed by atoms with Crippen LogP contribution in [0.4, 0.5) is 0 Å². The van der Waals surface area contributed by atoms with Crippen LogP contribution in [0.1, 0.15) is 36.5 Å². The number of Topliss-reactive ketones (excluding diaryl/α,β-unsaturated/α-hetero) is 1. The van der Waals surface area contributed by atoms with Gasteiger partial charge in [-0.25, -0.2) is 13.1 Å². The summed E-state index contributed by atoms with van der Waals surface area (Å²) in [4.78, 5) is 11.9. The number of hydrogen-bond donors (Lipinski definition) is 1. The van der Waals surface area contributed by atoms with Crippen molar-refractivity contribution in [2.75, 3.05) is 5.75 Å². The molecule has 1 aromatic rings. The molecule has 104 valence electrons. The van der Waals surface area contributed by atoms with Gasteiger partial charge in [-0.2, -0.15) is 0 Å². The van der Waals surface area contributed by atoms with Gasteiger partial charge in [0.25, 0.3) is 0 Å². The lowest BCUT2D eigenvalue weighted by Gasteiger charge is -2.31. The van der Waals surface area contributed by atoms with Gasteiger partial charge in [-0.3, -0.25) is 4.79 Å². The number of rotatable bonds is 6. The largest absolute Gasteiger partial charge is 0.293 e. The topological polar surface area (TPSA) is 63.2 Å². The van der Waals surface area contributed by atoms with Crippen molar-refractivity contribution in [2.45, 2.75) is 32.2 Å². The van der Waals surface area contributed by atoms with Gasteiger partial charge in [-0.15, -0.1) is 0 Å². The molecule has 1 unspecified atom stereocenters. The zero-order valence-electron chi connectivity index (χ0n) is 11.0. The SMILES string of the molecule is CC(NS(=O)(=O)CC(=O)c1ccccc1)C1CCC1. The van der Waals surface area contributed by atoms with E-state index >= 15 is 0 Å². The van der Waals surface area contributed by atoms with Crippen molar-refractivity contribution in [3.8, 4) is 0 Å². The zero-order chi connectivity index (χ0) is 13.9. The molecule has 1 aliphatic carbocycles. The molecule has 0 saturated heterocycles. The van der Waals surface area contributed by atoms with Crippen LogP contribution in [-0.2, 0) is 10.0 Å². The van der Waals surface area contributed by atoms with Gasteiger partial charge in [0.2, 0.25) is 10.0 Å². The molecular weight excluding hydrogens is 262 g/mol. The van der Waals surface area contributed by atoms with Crippen LogP contribution in [0.25, 0.3) is 0 Å². The van der Waals surface area contributed by atoms with Crippen LogP contribution in [0.2, 0.25) is 0 Å². The minimum absolute atomic E-state index is 0.0812. The minimum Gasteiger partial charge on any atom is -0.293 e. The van der Waals surface area contributed by atoms with E-state index in [4.69, 9.17) is 0 Å². The first-order valence-electron chi connectivity index (χ1n) is 6.56. The molecule has 1 aromatic carbocycles. The van der Waals surface area contributed by atoms with E-state index in [0.29, 0.717) is 11.5 Å². The van der Waals surface area contributed by atoms with Crippen LogP contribution in [-0.4, -0.2) is 26.0 Å². The Morgan fingerprint density at radius 2 is 1.95 bits per heavy atom. The summed E-state index contributed by atoms with van der Waals surface area (Å²) in [7, 11) is -3.55. The number of benzene rings is 1. The quantitative estimate of drug-likeness (QED) is 0.811. The summed E-state index contributed by atoms with van der Waals surface area (Å²) in [5.74, 6) is -0.427. The van der Waals surface area contributed by atoms with Gasteiger partial charge in [0, 0.05) is 11.6 Å². The Hall–Kier alpha value is -1.20. The van der Waals surface area contributed by atoms with E-state index in [0.717, 1.165) is 12.8 Å². The van der Waals surface area contributed by atoms with E-state index in [2.05, 4.69) is 4.72 Å². The van der Waals surface area contributed by atoms with Gasteiger partial charge < -0.3 is 0 Å². The average Bonchev–Trinajstić information content (AvgIpc) is 2.26. The molecular formula is C14H19NO3S. The smallest absolute Gasteiger partial charge is 0.219 e. The molecule has 0 amide bonds. The van der Waals surface area contributed by atoms with E-state index in [-0.39, 0.29) is 11.8 Å². The van der Waals surface area contributed by atoms with Gasteiger partial charge in [0.15, 0.2) is 5.78 Å². The summed E-state index contributed by atoms with van der Waals surface area (Å²) < 4.78 is 26.5. The fourth-order valence-electron chi connectivity index (χ4n) is 2.24. The average molecular weight is 281 g/mol. The van der Waals surface area contributed by atoms with Crippen molar-refractivity contribution in [2.24, 2.45) is 5.92 Å². The number of carbonyl (C=O) groups excluding carboxylic acids is 1. The highest BCUT2D eigenvalue weighted by Crippen LogP contribution is 2.29. The van der Waals surface area contributed by atoms with E-state index in [1.807, 2.05) is 6.92 Å². The van der Waals surface area contributed by atoms with Gasteiger partial charge in [0.1, 0.15) is 5.75 Å². The van der Waals surface area contributed by atoms with Crippen LogP contribution >= 0.6 is 0 Å². The second kappa shape index (κ2) is 5.84. The van der Waals surface area contributed by atoms with Crippen molar-refractivity contribution < 1.29 is 13.2 Å². The lowest BCUT2D eigenvalue weighted by molar-refractivity contribution is 0.102. The molecule has 0 bridgehead atoms. The highest BCUT2D eigenvalue weighted by molar-refractivity contribution is 7.90. The summed E-state index contributed by atoms with van der Waals surface area (Å²) in [6.07, 6.45) is 3.30. The summed E-state index contributed by atoms with van der Waals surface area (Å²) >= 11 is 0. The highest BCUT2D eigenvalue weighted by Gasteiger charge is 2.28. The third-order valence-corrected chi connectivity index (χ3v) is 5.01. The Bertz CT molecular complexity index is 535. The Morgan fingerprint density at radius 3 is 2.47 bits per heavy atom. The highest BCUT2D eigenvalue weighted by atomic mass is 32.2. The maximum absolute atomic E-state index is 11.9.